The van der Waals surface area contributed by atoms with E-state index in [4.69, 9.17) is 0 Å². The van der Waals surface area contributed by atoms with Gasteiger partial charge >= 0.3 is 84.2 Å². The van der Waals surface area contributed by atoms with Crippen molar-refractivity contribution in [3.63, 3.8) is 0 Å². The van der Waals surface area contributed by atoms with Gasteiger partial charge in [-0.05, 0) is 0 Å². The second-order valence-corrected chi connectivity index (χ2v) is 14.9. The molecule has 0 saturated carbocycles. The maximum absolute atomic E-state index is 2.34. The molecule has 0 bridgehead atoms. The Kier molecular flexibility index (Phi) is 10.0. The van der Waals surface area contributed by atoms with E-state index in [1.807, 2.05) is 0 Å². The van der Waals surface area contributed by atoms with Gasteiger partial charge in [-0.25, -0.2) is 0 Å². The molecule has 10 heavy (non-hydrogen) atoms. The Balaban J connectivity index is 3.30. The van der Waals surface area contributed by atoms with Crippen molar-refractivity contribution in [1.29, 1.82) is 0 Å². The van der Waals surface area contributed by atoms with Crippen LogP contribution in [0, 0.1) is 0 Å². The number of hydrogen-bond donors (Lipinski definition) is 0. The predicted molar refractivity (Wildman–Crippen MR) is 52.5 cm³/mol. The van der Waals surface area contributed by atoms with Crippen molar-refractivity contribution < 1.29 is 0 Å². The van der Waals surface area contributed by atoms with E-state index in [0.717, 1.165) is 44.9 Å². The fourth-order valence-electron chi connectivity index (χ4n) is 0.553. The normalized spacial score (nSPS) is 10.8. The quantitative estimate of drug-likeness (QED) is 0.652. The molecule has 0 heterocycles. The van der Waals surface area contributed by atoms with E-state index in [1.54, 1.807) is 0 Å². The van der Waals surface area contributed by atoms with E-state index in [0.29, 0.717) is 0 Å². The van der Waals surface area contributed by atoms with Crippen molar-refractivity contribution in [1.82, 2.24) is 0 Å². The molecule has 0 amide bonds. The van der Waals surface area contributed by atoms with E-state index in [-0.39, 0.29) is 0 Å². The predicted octanol–water partition coefficient (Wildman–Crippen LogP) is 2.12. The molecule has 0 saturated heterocycles. The minimum absolute atomic E-state index is 0.992. The van der Waals surface area contributed by atoms with Crippen LogP contribution >= 0.6 is 0 Å². The molecular formula is C7H16Se3. The van der Waals surface area contributed by atoms with Gasteiger partial charge in [0.1, 0.15) is 0 Å². The van der Waals surface area contributed by atoms with Gasteiger partial charge in [0.2, 0.25) is 0 Å². The molecule has 0 aromatic heterocycles. The Labute approximate surface area is 83.8 Å². The summed E-state index contributed by atoms with van der Waals surface area (Å²) in [6.45, 7) is 7.01. The number of hydrogen-bond acceptors (Lipinski definition) is 0. The first-order valence-corrected chi connectivity index (χ1v) is 10.3. The summed E-state index contributed by atoms with van der Waals surface area (Å²) in [5.74, 6) is 0. The zero-order valence-electron chi connectivity index (χ0n) is 6.92. The summed E-state index contributed by atoms with van der Waals surface area (Å²) in [6, 6.07) is 0. The van der Waals surface area contributed by atoms with Crippen molar-refractivity contribution in [3.05, 3.63) is 0 Å². The molecule has 0 atom stereocenters. The van der Waals surface area contributed by atoms with Gasteiger partial charge in [0, 0.05) is 0 Å². The van der Waals surface area contributed by atoms with E-state index in [1.165, 1.54) is 18.6 Å². The average molecular weight is 337 g/mol. The topological polar surface area (TPSA) is 0 Å². The molecule has 0 N–H and O–H groups in total. The fourth-order valence-corrected chi connectivity index (χ4v) is 14.9. The molecule has 0 unspecified atom stereocenters. The van der Waals surface area contributed by atoms with Crippen LogP contribution in [0.4, 0.5) is 0 Å². The summed E-state index contributed by atoms with van der Waals surface area (Å²) in [4.78, 5) is 0. The first-order chi connectivity index (χ1) is 4.85. The van der Waals surface area contributed by atoms with Crippen LogP contribution in [0.2, 0.25) is 18.6 Å². The van der Waals surface area contributed by atoms with Gasteiger partial charge in [-0.15, -0.1) is 0 Å². The molecule has 0 fully saturated rings. The molecule has 0 aliphatic heterocycles. The monoisotopic (exact) mass is 340 g/mol. The third kappa shape index (κ3) is 6.28. The second-order valence-electron chi connectivity index (χ2n) is 1.65. The number of rotatable bonds is 6. The molecule has 0 radical (unpaired) electrons. The van der Waals surface area contributed by atoms with E-state index in [2.05, 4.69) is 20.8 Å². The molecule has 0 aliphatic rings. The molecule has 0 nitrogen and oxygen atoms in total. The molecular weight excluding hydrogens is 321 g/mol. The second kappa shape index (κ2) is 8.65. The van der Waals surface area contributed by atoms with Crippen LogP contribution in [0.25, 0.3) is 0 Å². The molecule has 0 aliphatic carbocycles. The van der Waals surface area contributed by atoms with Crippen LogP contribution in [-0.2, 0) is 0 Å². The van der Waals surface area contributed by atoms with E-state index in [9.17, 15) is 0 Å². The van der Waals surface area contributed by atoms with Gasteiger partial charge in [-0.2, -0.15) is 0 Å². The summed E-state index contributed by atoms with van der Waals surface area (Å²) in [5, 5.41) is 4.38. The van der Waals surface area contributed by atoms with Crippen molar-refractivity contribution in [3.8, 4) is 0 Å². The average Bonchev–Trinajstić information content (AvgIpc) is 1.90. The van der Waals surface area contributed by atoms with Crippen LogP contribution in [0.5, 0.6) is 0 Å². The van der Waals surface area contributed by atoms with Crippen LogP contribution in [0.3, 0.4) is 0 Å². The Hall–Kier alpha value is 1.56. The van der Waals surface area contributed by atoms with Crippen LogP contribution in [-0.4, -0.2) is 44.9 Å². The summed E-state index contributed by atoms with van der Waals surface area (Å²) in [5.41, 5.74) is 0. The SMILES string of the molecule is CC[Se]C([Se]CC)[Se]CC. The van der Waals surface area contributed by atoms with Crippen LogP contribution in [0.1, 0.15) is 20.8 Å². The molecule has 62 valence electrons. The van der Waals surface area contributed by atoms with Crippen molar-refractivity contribution in [2.75, 3.05) is 0 Å². The first-order valence-electron chi connectivity index (χ1n) is 3.69. The van der Waals surface area contributed by atoms with Crippen molar-refractivity contribution in [2.24, 2.45) is 0 Å². The molecule has 3 heteroatoms. The van der Waals surface area contributed by atoms with Crippen LogP contribution in [0.15, 0.2) is 0 Å². The van der Waals surface area contributed by atoms with Gasteiger partial charge in [0.05, 0.1) is 0 Å². The molecule has 0 aromatic rings. The summed E-state index contributed by atoms with van der Waals surface area (Å²) < 4.78 is 1.22. The third-order valence-corrected chi connectivity index (χ3v) is 13.6. The van der Waals surface area contributed by atoms with Crippen LogP contribution < -0.4 is 0 Å². The molecule has 0 rings (SSSR count). The van der Waals surface area contributed by atoms with Gasteiger partial charge < -0.3 is 0 Å². The summed E-state index contributed by atoms with van der Waals surface area (Å²) in [7, 11) is 0. The van der Waals surface area contributed by atoms with Gasteiger partial charge in [0.25, 0.3) is 0 Å². The summed E-state index contributed by atoms with van der Waals surface area (Å²) >= 11 is 2.98. The van der Waals surface area contributed by atoms with Gasteiger partial charge in [-0.3, -0.25) is 0 Å². The Morgan fingerprint density at radius 1 is 0.800 bits per heavy atom. The first kappa shape index (κ1) is 11.6. The van der Waals surface area contributed by atoms with Gasteiger partial charge in [-0.1, -0.05) is 0 Å². The third-order valence-electron chi connectivity index (χ3n) is 0.908. The maximum atomic E-state index is 2.34. The zero-order valence-corrected chi connectivity index (χ0v) is 12.1. The van der Waals surface area contributed by atoms with E-state index >= 15 is 0 Å². The van der Waals surface area contributed by atoms with E-state index < -0.39 is 0 Å². The van der Waals surface area contributed by atoms with Crippen molar-refractivity contribution in [2.45, 2.75) is 39.3 Å². The fraction of sp³-hybridized carbons (Fsp3) is 1.00. The molecule has 0 aromatic carbocycles. The molecule has 0 spiro atoms. The van der Waals surface area contributed by atoms with Gasteiger partial charge in [0.15, 0.2) is 0 Å². The Morgan fingerprint density at radius 3 is 1.30 bits per heavy atom. The standard InChI is InChI=1S/C7H16Se3/c1-4-8-7(9-5-2)10-6-3/h7H,4-6H2,1-3H3. The Morgan fingerprint density at radius 2 is 1.10 bits per heavy atom. The Bertz CT molecular complexity index is 51.6. The minimum atomic E-state index is 0.992. The van der Waals surface area contributed by atoms with Crippen molar-refractivity contribution >= 4 is 44.9 Å². The zero-order chi connectivity index (χ0) is 7.82. The summed E-state index contributed by atoms with van der Waals surface area (Å²) in [6.07, 6.45) is 0.